The molecule has 4 aromatic rings. The average molecular weight is 452 g/mol. The van der Waals surface area contributed by atoms with Crippen molar-refractivity contribution in [2.75, 3.05) is 13.1 Å². The maximum absolute atomic E-state index is 11.2. The molecule has 1 unspecified atom stereocenters. The van der Waals surface area contributed by atoms with Crippen LogP contribution in [0, 0.1) is 0 Å². The summed E-state index contributed by atoms with van der Waals surface area (Å²) in [6.45, 7) is 2.11. The quantitative estimate of drug-likeness (QED) is 0.191. The van der Waals surface area contributed by atoms with Crippen LogP contribution in [0.3, 0.4) is 0 Å². The van der Waals surface area contributed by atoms with E-state index in [1.165, 1.54) is 45.8 Å². The molecule has 0 spiro atoms. The van der Waals surface area contributed by atoms with Crippen LogP contribution in [-0.2, 0) is 11.2 Å². The van der Waals surface area contributed by atoms with Crippen LogP contribution < -0.4 is 5.48 Å². The van der Waals surface area contributed by atoms with E-state index >= 15 is 0 Å². The lowest BCUT2D eigenvalue weighted by atomic mass is 10.0. The fourth-order valence-corrected chi connectivity index (χ4v) is 5.08. The molecule has 0 radical (unpaired) electrons. The normalized spacial score (nSPS) is 16.4. The molecular weight excluding hydrogens is 422 g/mol. The highest BCUT2D eigenvalue weighted by molar-refractivity contribution is 5.91. The number of hydrogen-bond acceptors (Lipinski definition) is 3. The summed E-state index contributed by atoms with van der Waals surface area (Å²) in [6.07, 6.45) is 6.36. The zero-order valence-corrected chi connectivity index (χ0v) is 19.1. The van der Waals surface area contributed by atoms with Gasteiger partial charge in [0.25, 0.3) is 5.91 Å². The average Bonchev–Trinajstić information content (AvgIpc) is 3.51. The maximum atomic E-state index is 11.2. The van der Waals surface area contributed by atoms with Crippen LogP contribution in [0.15, 0.2) is 84.9 Å². The van der Waals surface area contributed by atoms with Crippen LogP contribution in [0.25, 0.3) is 28.2 Å². The molecule has 0 aliphatic carbocycles. The molecule has 1 aliphatic rings. The topological polar surface area (TPSA) is 68.4 Å². The zero-order chi connectivity index (χ0) is 23.3. The van der Waals surface area contributed by atoms with Crippen LogP contribution >= 0.6 is 0 Å². The summed E-state index contributed by atoms with van der Waals surface area (Å²) in [4.78, 5) is 17.5. The highest BCUT2D eigenvalue weighted by Crippen LogP contribution is 2.35. The number of carbonyl (C=O) groups excluding carboxylic acids is 1. The number of likely N-dealkylation sites (tertiary alicyclic amines) is 1. The summed E-state index contributed by atoms with van der Waals surface area (Å²) in [6, 6.07) is 27.9. The fourth-order valence-electron chi connectivity index (χ4n) is 5.08. The van der Waals surface area contributed by atoms with Gasteiger partial charge < -0.3 is 4.98 Å². The Morgan fingerprint density at radius 2 is 1.79 bits per heavy atom. The van der Waals surface area contributed by atoms with Crippen molar-refractivity contribution in [3.63, 3.8) is 0 Å². The Morgan fingerprint density at radius 1 is 1.03 bits per heavy atom. The number of fused-ring (bicyclic) bond motifs is 1. The smallest absolute Gasteiger partial charge is 0.267 e. The minimum absolute atomic E-state index is 0.407. The molecule has 3 N–H and O–H groups in total. The molecule has 5 nitrogen and oxygen atoms in total. The first kappa shape index (κ1) is 22.1. The van der Waals surface area contributed by atoms with E-state index in [4.69, 9.17) is 5.21 Å². The largest absolute Gasteiger partial charge is 0.354 e. The predicted octanol–water partition coefficient (Wildman–Crippen LogP) is 5.73. The van der Waals surface area contributed by atoms with Crippen LogP contribution in [0.1, 0.15) is 35.6 Å². The molecule has 5 rings (SSSR count). The van der Waals surface area contributed by atoms with E-state index in [1.54, 1.807) is 11.6 Å². The minimum Gasteiger partial charge on any atom is -0.354 e. The number of rotatable bonds is 7. The van der Waals surface area contributed by atoms with Crippen molar-refractivity contribution in [2.24, 2.45) is 0 Å². The van der Waals surface area contributed by atoms with E-state index < -0.39 is 5.91 Å². The number of carbonyl (C=O) groups is 1. The number of para-hydroxylation sites is 1. The highest BCUT2D eigenvalue weighted by Gasteiger charge is 2.26. The lowest BCUT2D eigenvalue weighted by molar-refractivity contribution is -0.124. The van der Waals surface area contributed by atoms with Crippen molar-refractivity contribution in [3.05, 3.63) is 102 Å². The van der Waals surface area contributed by atoms with Gasteiger partial charge in [-0.15, -0.1) is 0 Å². The molecule has 0 saturated carbocycles. The van der Waals surface area contributed by atoms with Crippen LogP contribution in [-0.4, -0.2) is 34.1 Å². The van der Waals surface area contributed by atoms with E-state index in [2.05, 4.69) is 76.6 Å². The Balaban J connectivity index is 1.34. The van der Waals surface area contributed by atoms with Crippen molar-refractivity contribution in [3.8, 4) is 11.3 Å². The van der Waals surface area contributed by atoms with Gasteiger partial charge in [0, 0.05) is 35.3 Å². The Kier molecular flexibility index (Phi) is 6.56. The molecule has 172 valence electrons. The monoisotopic (exact) mass is 451 g/mol. The molecule has 3 aromatic carbocycles. The number of hydrogen-bond donors (Lipinski definition) is 3. The molecule has 0 bridgehead atoms. The molecule has 1 aromatic heterocycles. The standard InChI is InChI=1S/C29H29N3O2/c33-28(31-34)17-14-21-12-15-22(16-13-21)27-11-6-19-32(27)20-18-25-24-9-4-5-10-26(24)30-29(25)23-7-2-1-3-8-23/h1-5,7-10,12-17,27,30,34H,6,11,18-20H2,(H,31,33)/b17-14+. The number of amides is 1. The van der Waals surface area contributed by atoms with Gasteiger partial charge in [-0.2, -0.15) is 0 Å². The van der Waals surface area contributed by atoms with Gasteiger partial charge in [-0.3, -0.25) is 14.9 Å². The van der Waals surface area contributed by atoms with Crippen molar-refractivity contribution < 1.29 is 10.0 Å². The zero-order valence-electron chi connectivity index (χ0n) is 19.1. The minimum atomic E-state index is -0.529. The lowest BCUT2D eigenvalue weighted by Crippen LogP contribution is -2.25. The highest BCUT2D eigenvalue weighted by atomic mass is 16.5. The fraction of sp³-hybridized carbons (Fsp3) is 0.207. The second kappa shape index (κ2) is 10.1. The summed E-state index contributed by atoms with van der Waals surface area (Å²) in [5.41, 5.74) is 8.88. The maximum Gasteiger partial charge on any atom is 0.267 e. The second-order valence-corrected chi connectivity index (χ2v) is 8.81. The van der Waals surface area contributed by atoms with Crippen molar-refractivity contribution >= 4 is 22.9 Å². The van der Waals surface area contributed by atoms with E-state index in [0.29, 0.717) is 6.04 Å². The van der Waals surface area contributed by atoms with Crippen LogP contribution in [0.5, 0.6) is 0 Å². The SMILES string of the molecule is O=C(/C=C/c1ccc(C2CCCN2CCc2c(-c3ccccc3)[nH]c3ccccc23)cc1)NO. The summed E-state index contributed by atoms with van der Waals surface area (Å²) >= 11 is 0. The predicted molar refractivity (Wildman–Crippen MR) is 136 cm³/mol. The molecule has 1 amide bonds. The molecule has 1 aliphatic heterocycles. The van der Waals surface area contributed by atoms with Gasteiger partial charge in [-0.1, -0.05) is 72.8 Å². The Morgan fingerprint density at radius 3 is 2.59 bits per heavy atom. The Labute approximate surface area is 199 Å². The summed E-state index contributed by atoms with van der Waals surface area (Å²) in [5.74, 6) is -0.529. The Hall–Kier alpha value is -3.67. The molecule has 5 heteroatoms. The van der Waals surface area contributed by atoms with Crippen molar-refractivity contribution in [2.45, 2.75) is 25.3 Å². The number of nitrogens with zero attached hydrogens (tertiary/aromatic N) is 1. The summed E-state index contributed by atoms with van der Waals surface area (Å²) in [5, 5.41) is 9.94. The van der Waals surface area contributed by atoms with Gasteiger partial charge in [0.1, 0.15) is 0 Å². The number of benzene rings is 3. The van der Waals surface area contributed by atoms with Gasteiger partial charge in [-0.05, 0) is 60.2 Å². The summed E-state index contributed by atoms with van der Waals surface area (Å²) in [7, 11) is 0. The van der Waals surface area contributed by atoms with E-state index in [1.807, 2.05) is 12.1 Å². The lowest BCUT2D eigenvalue weighted by Gasteiger charge is -2.25. The number of aromatic amines is 1. The van der Waals surface area contributed by atoms with E-state index in [0.717, 1.165) is 31.5 Å². The van der Waals surface area contributed by atoms with Crippen LogP contribution in [0.4, 0.5) is 0 Å². The molecular formula is C29H29N3O2. The second-order valence-electron chi connectivity index (χ2n) is 8.81. The van der Waals surface area contributed by atoms with Crippen LogP contribution in [0.2, 0.25) is 0 Å². The molecule has 1 fully saturated rings. The van der Waals surface area contributed by atoms with Gasteiger partial charge >= 0.3 is 0 Å². The van der Waals surface area contributed by atoms with Gasteiger partial charge in [-0.25, -0.2) is 5.48 Å². The molecule has 34 heavy (non-hydrogen) atoms. The number of nitrogens with one attached hydrogen (secondary N) is 2. The molecule has 1 saturated heterocycles. The molecule has 1 atom stereocenters. The number of hydroxylamine groups is 1. The first-order chi connectivity index (χ1) is 16.7. The van der Waals surface area contributed by atoms with Crippen molar-refractivity contribution in [1.82, 2.24) is 15.4 Å². The third-order valence-electron chi connectivity index (χ3n) is 6.75. The van der Waals surface area contributed by atoms with Crippen molar-refractivity contribution in [1.29, 1.82) is 0 Å². The molecule has 2 heterocycles. The third kappa shape index (κ3) is 4.67. The van der Waals surface area contributed by atoms with Gasteiger partial charge in [0.2, 0.25) is 0 Å². The van der Waals surface area contributed by atoms with E-state index in [9.17, 15) is 4.79 Å². The Bertz CT molecular complexity index is 1290. The number of H-pyrrole nitrogens is 1. The number of aromatic nitrogens is 1. The first-order valence-corrected chi connectivity index (χ1v) is 11.8. The third-order valence-corrected chi connectivity index (χ3v) is 6.75. The van der Waals surface area contributed by atoms with E-state index in [-0.39, 0.29) is 0 Å². The summed E-state index contributed by atoms with van der Waals surface area (Å²) < 4.78 is 0. The van der Waals surface area contributed by atoms with Gasteiger partial charge in [0.05, 0.1) is 0 Å². The van der Waals surface area contributed by atoms with Gasteiger partial charge in [0.15, 0.2) is 0 Å². The first-order valence-electron chi connectivity index (χ1n) is 11.8.